The number of hydrogen-bond acceptors (Lipinski definition) is 5. The molecule has 0 saturated carbocycles. The molecule has 0 aliphatic carbocycles. The van der Waals surface area contributed by atoms with Crippen molar-refractivity contribution < 1.29 is 20.6 Å². The van der Waals surface area contributed by atoms with Crippen molar-refractivity contribution in [3.63, 3.8) is 0 Å². The van der Waals surface area contributed by atoms with Crippen LogP contribution in [0.1, 0.15) is 0 Å². The molecule has 0 aromatic rings. The lowest BCUT2D eigenvalue weighted by atomic mass is 11.9. The highest BCUT2D eigenvalue weighted by Gasteiger charge is 2.59. The first-order valence-electron chi connectivity index (χ1n) is 4.32. The molecule has 11 heteroatoms. The van der Waals surface area contributed by atoms with Crippen LogP contribution in [0.25, 0.3) is 0 Å². The van der Waals surface area contributed by atoms with Crippen LogP contribution in [-0.4, -0.2) is 52.3 Å². The Hall–Kier alpha value is 1.10. The fourth-order valence-electron chi connectivity index (χ4n) is 1.74. The Balaban J connectivity index is 1.89. The van der Waals surface area contributed by atoms with E-state index in [1.54, 1.807) is 0 Å². The summed E-state index contributed by atoms with van der Waals surface area (Å²) in [6, 6.07) is 0. The van der Waals surface area contributed by atoms with Gasteiger partial charge in [-0.05, 0) is 13.1 Å². The smallest absolute Gasteiger partial charge is 0.417 e. The predicted molar refractivity (Wildman–Crippen MR) is 57.3 cm³/mol. The normalized spacial score (nSPS) is 51.2. The van der Waals surface area contributed by atoms with Crippen LogP contribution in [0.2, 0.25) is 13.1 Å². The Morgan fingerprint density at radius 3 is 1.69 bits per heavy atom. The van der Waals surface area contributed by atoms with E-state index in [1.165, 1.54) is 0 Å². The molecule has 3 heterocycles. The monoisotopic (exact) mass is 282 g/mol. The lowest BCUT2D eigenvalue weighted by Crippen LogP contribution is -2.52. The van der Waals surface area contributed by atoms with Crippen LogP contribution in [0.4, 0.5) is 0 Å². The van der Waals surface area contributed by atoms with Crippen LogP contribution < -0.4 is 0 Å². The molecule has 3 aliphatic rings. The quantitative estimate of drug-likeness (QED) is 0.459. The second-order valence-corrected chi connectivity index (χ2v) is 31.8. The van der Waals surface area contributed by atoms with Gasteiger partial charge in [0.1, 0.15) is 0 Å². The summed E-state index contributed by atoms with van der Waals surface area (Å²) in [5, 5.41) is 0. The average molecular weight is 283 g/mol. The molecule has 3 aliphatic heterocycles. The highest BCUT2D eigenvalue weighted by atomic mass is 29.8. The molecule has 3 rings (SSSR count). The summed E-state index contributed by atoms with van der Waals surface area (Å²) >= 11 is 0. The van der Waals surface area contributed by atoms with Gasteiger partial charge in [-0.15, -0.1) is 0 Å². The van der Waals surface area contributed by atoms with E-state index in [1.807, 2.05) is 0 Å². The summed E-state index contributed by atoms with van der Waals surface area (Å²) < 4.78 is 29.0. The summed E-state index contributed by atoms with van der Waals surface area (Å²) in [5.74, 6) is 0. The highest BCUT2D eigenvalue weighted by molar-refractivity contribution is 7.63. The molecule has 0 N–H and O–H groups in total. The topological polar surface area (TPSA) is 46.2 Å². The zero-order valence-corrected chi connectivity index (χ0v) is 14.0. The molecular formula is C2H10O5Si6. The second kappa shape index (κ2) is 3.30. The van der Waals surface area contributed by atoms with E-state index < -0.39 is 52.3 Å². The van der Waals surface area contributed by atoms with Crippen molar-refractivity contribution in [2.24, 2.45) is 0 Å². The van der Waals surface area contributed by atoms with Crippen LogP contribution in [0.5, 0.6) is 0 Å². The van der Waals surface area contributed by atoms with Crippen molar-refractivity contribution in [2.45, 2.75) is 13.1 Å². The lowest BCUT2D eigenvalue weighted by molar-refractivity contribution is 0.275. The molecule has 2 radical (unpaired) electrons. The molecule has 0 aromatic heterocycles. The molecule has 3 saturated heterocycles. The molecule has 3 fully saturated rings. The van der Waals surface area contributed by atoms with Crippen molar-refractivity contribution in [3.05, 3.63) is 0 Å². The van der Waals surface area contributed by atoms with Gasteiger partial charge in [0.2, 0.25) is 0 Å². The third-order valence-electron chi connectivity index (χ3n) is 2.44. The van der Waals surface area contributed by atoms with E-state index in [4.69, 9.17) is 20.6 Å². The second-order valence-electron chi connectivity index (χ2n) is 3.41. The Kier molecular flexibility index (Phi) is 2.37. The maximum absolute atomic E-state index is 5.91. The summed E-state index contributed by atoms with van der Waals surface area (Å²) in [4.78, 5) is 0. The SMILES string of the molecule is C[SiH]1O[Si]2O[Si]3O[SiH](C)[SiH](O3)[SiH]1O2. The van der Waals surface area contributed by atoms with Crippen molar-refractivity contribution in [2.75, 3.05) is 0 Å². The Morgan fingerprint density at radius 1 is 0.769 bits per heavy atom. The van der Waals surface area contributed by atoms with Gasteiger partial charge in [-0.2, -0.15) is 0 Å². The first-order valence-corrected chi connectivity index (χ1v) is 19.0. The molecule has 0 aromatic carbocycles. The van der Waals surface area contributed by atoms with Gasteiger partial charge >= 0.3 is 19.1 Å². The fourth-order valence-corrected chi connectivity index (χ4v) is 67.7. The van der Waals surface area contributed by atoms with E-state index in [-0.39, 0.29) is 0 Å². The third-order valence-corrected chi connectivity index (χ3v) is 49.9. The zero-order valence-electron chi connectivity index (χ0n) is 7.35. The Bertz CT molecular complexity index is 201. The zero-order chi connectivity index (χ0) is 9.00. The van der Waals surface area contributed by atoms with Crippen LogP contribution in [0.15, 0.2) is 0 Å². The summed E-state index contributed by atoms with van der Waals surface area (Å²) in [7, 11) is -6.98. The Labute approximate surface area is 86.1 Å². The van der Waals surface area contributed by atoms with E-state index >= 15 is 0 Å². The van der Waals surface area contributed by atoms with E-state index in [0.29, 0.717) is 0 Å². The molecule has 4 unspecified atom stereocenters. The molecule has 13 heavy (non-hydrogen) atoms. The van der Waals surface area contributed by atoms with E-state index in [0.717, 1.165) is 0 Å². The summed E-state index contributed by atoms with van der Waals surface area (Å²) in [5.41, 5.74) is 0. The average Bonchev–Trinajstić information content (AvgIpc) is 2.48. The maximum atomic E-state index is 5.91. The van der Waals surface area contributed by atoms with Crippen molar-refractivity contribution in [3.8, 4) is 0 Å². The van der Waals surface area contributed by atoms with Gasteiger partial charge in [-0.1, -0.05) is 0 Å². The number of hydrogen-bond donors (Lipinski definition) is 0. The molecule has 72 valence electrons. The van der Waals surface area contributed by atoms with E-state index in [9.17, 15) is 0 Å². The van der Waals surface area contributed by atoms with Gasteiger partial charge in [0.25, 0.3) is 0 Å². The minimum absolute atomic E-state index is 1.03. The molecule has 4 bridgehead atoms. The first-order chi connectivity index (χ1) is 6.24. The highest BCUT2D eigenvalue weighted by Crippen LogP contribution is 2.25. The van der Waals surface area contributed by atoms with E-state index in [2.05, 4.69) is 13.1 Å². The molecule has 5 nitrogen and oxygen atoms in total. The first kappa shape index (κ1) is 9.34. The standard InChI is InChI=1S/C2H10O5Si6/c1-8-3-10-5-11-4-9(2)13(7-11)12(8)6-10/h8-9,12-13H,1-2H3. The molecule has 0 spiro atoms. The number of rotatable bonds is 0. The van der Waals surface area contributed by atoms with Gasteiger partial charge in [0.15, 0.2) is 33.3 Å². The van der Waals surface area contributed by atoms with Gasteiger partial charge in [0.05, 0.1) is 0 Å². The van der Waals surface area contributed by atoms with Gasteiger partial charge < -0.3 is 20.6 Å². The van der Waals surface area contributed by atoms with Crippen LogP contribution >= 0.6 is 0 Å². The number of fused-ring (bicyclic) bond motifs is 5. The van der Waals surface area contributed by atoms with Crippen molar-refractivity contribution >= 4 is 52.3 Å². The minimum atomic E-state index is -1.38. The van der Waals surface area contributed by atoms with Crippen LogP contribution in [0, 0.1) is 0 Å². The van der Waals surface area contributed by atoms with Crippen molar-refractivity contribution in [1.82, 2.24) is 0 Å². The summed E-state index contributed by atoms with van der Waals surface area (Å²) in [6.07, 6.45) is 0. The molecule has 4 atom stereocenters. The molecule has 0 amide bonds. The van der Waals surface area contributed by atoms with Gasteiger partial charge in [0, 0.05) is 0 Å². The minimum Gasteiger partial charge on any atom is -0.417 e. The van der Waals surface area contributed by atoms with Gasteiger partial charge in [-0.25, -0.2) is 0 Å². The van der Waals surface area contributed by atoms with Gasteiger partial charge in [-0.3, -0.25) is 0 Å². The third kappa shape index (κ3) is 1.47. The lowest BCUT2D eigenvalue weighted by Gasteiger charge is -2.16. The van der Waals surface area contributed by atoms with Crippen molar-refractivity contribution in [1.29, 1.82) is 0 Å². The Morgan fingerprint density at radius 2 is 1.23 bits per heavy atom. The summed E-state index contributed by atoms with van der Waals surface area (Å²) in [6.45, 7) is 4.48. The van der Waals surface area contributed by atoms with Crippen LogP contribution in [-0.2, 0) is 20.6 Å². The maximum Gasteiger partial charge on any atom is 0.546 e. The van der Waals surface area contributed by atoms with Crippen LogP contribution in [0.3, 0.4) is 0 Å². The molecular weight excluding hydrogens is 273 g/mol. The predicted octanol–water partition coefficient (Wildman–Crippen LogP) is -2.53. The largest absolute Gasteiger partial charge is 0.546 e. The fraction of sp³-hybridized carbons (Fsp3) is 1.00.